The number of anilines is 3. The maximum Gasteiger partial charge on any atom is 0.211 e. The van der Waals surface area contributed by atoms with Crippen LogP contribution in [0.25, 0.3) is 23.4 Å². The fourth-order valence-electron chi connectivity index (χ4n) is 5.41. The van der Waals surface area contributed by atoms with Gasteiger partial charge in [-0.3, -0.25) is 9.78 Å². The van der Waals surface area contributed by atoms with Gasteiger partial charge in [-0.15, -0.1) is 0 Å². The second kappa shape index (κ2) is 14.3. The lowest BCUT2D eigenvalue weighted by molar-refractivity contribution is -0.105. The van der Waals surface area contributed by atoms with Crippen LogP contribution in [0, 0.1) is 11.6 Å². The molecule has 224 valence electrons. The molecule has 0 saturated carbocycles. The van der Waals surface area contributed by atoms with Crippen LogP contribution in [0.4, 0.5) is 25.8 Å². The zero-order valence-electron chi connectivity index (χ0n) is 25.1. The monoisotopic (exact) mass is 577 g/mol. The van der Waals surface area contributed by atoms with Crippen molar-refractivity contribution in [3.05, 3.63) is 64.2 Å². The predicted molar refractivity (Wildman–Crippen MR) is 168 cm³/mol. The van der Waals surface area contributed by atoms with Gasteiger partial charge in [-0.1, -0.05) is 32.4 Å². The number of piperazine rings is 1. The van der Waals surface area contributed by atoms with E-state index in [4.69, 9.17) is 4.74 Å². The Morgan fingerprint density at radius 1 is 1.05 bits per heavy atom. The van der Waals surface area contributed by atoms with Gasteiger partial charge in [0.25, 0.3) is 0 Å². The van der Waals surface area contributed by atoms with Crippen molar-refractivity contribution < 1.29 is 18.3 Å². The van der Waals surface area contributed by atoms with E-state index in [0.29, 0.717) is 30.5 Å². The molecule has 2 N–H and O–H groups in total. The number of ether oxygens (including phenoxy) is 1. The predicted octanol–water partition coefficient (Wildman–Crippen LogP) is 4.78. The summed E-state index contributed by atoms with van der Waals surface area (Å²) in [6.07, 6.45) is 7.38. The summed E-state index contributed by atoms with van der Waals surface area (Å²) in [5, 5.41) is 7.90. The van der Waals surface area contributed by atoms with Crippen molar-refractivity contribution in [1.29, 1.82) is 0 Å². The van der Waals surface area contributed by atoms with Gasteiger partial charge >= 0.3 is 0 Å². The van der Waals surface area contributed by atoms with Crippen molar-refractivity contribution in [3.8, 4) is 17.0 Å². The molecule has 42 heavy (non-hydrogen) atoms. The number of hydrogen-bond acceptors (Lipinski definition) is 6. The van der Waals surface area contributed by atoms with E-state index < -0.39 is 11.6 Å². The van der Waals surface area contributed by atoms with Crippen LogP contribution in [0.15, 0.2) is 36.5 Å². The Morgan fingerprint density at radius 2 is 1.81 bits per heavy atom. The second-order valence-electron chi connectivity index (χ2n) is 10.5. The fraction of sp³-hybridized carbons (Fsp3) is 0.394. The van der Waals surface area contributed by atoms with E-state index in [9.17, 15) is 4.79 Å². The highest BCUT2D eigenvalue weighted by atomic mass is 19.1. The third-order valence-corrected chi connectivity index (χ3v) is 7.73. The molecule has 1 aromatic heterocycles. The van der Waals surface area contributed by atoms with Crippen LogP contribution < -0.4 is 30.7 Å². The van der Waals surface area contributed by atoms with Crippen LogP contribution in [-0.4, -0.2) is 62.2 Å². The summed E-state index contributed by atoms with van der Waals surface area (Å²) in [6.45, 7) is 12.9. The first-order chi connectivity index (χ1) is 20.3. The summed E-state index contributed by atoms with van der Waals surface area (Å²) in [6, 6.07) is 9.02. The molecule has 1 aliphatic heterocycles. The number of likely N-dealkylation sites (N-methyl/N-ethyl adjacent to an activating group) is 1. The van der Waals surface area contributed by atoms with Gasteiger partial charge in [0.05, 0.1) is 29.7 Å². The van der Waals surface area contributed by atoms with Crippen LogP contribution in [0.2, 0.25) is 0 Å². The Hall–Kier alpha value is -3.98. The standard InChI is InChI=1S/C33H41F2N5O2/c1-6-9-24-18-30(42-5)33(35)31(32(24)34)29-17-23(7-2)25(20-36-29)16-22(4)38-27-11-10-26(19-28(27)37-21-41)40-14-12-39(8-3)13-15-40/h7,10-11,16-22,38H,6,8-9,12-15H2,1-5H3,(H,37,41)/b23-7-,25-16-. The molecular weight excluding hydrogens is 536 g/mol. The van der Waals surface area contributed by atoms with Crippen molar-refractivity contribution >= 4 is 35.6 Å². The number of pyridine rings is 1. The minimum absolute atomic E-state index is 0.00103. The molecule has 9 heteroatoms. The second-order valence-corrected chi connectivity index (χ2v) is 10.5. The average Bonchev–Trinajstić information content (AvgIpc) is 3.00. The first-order valence-corrected chi connectivity index (χ1v) is 14.6. The number of carbonyl (C=O) groups excluding carboxylic acids is 1. The zero-order chi connectivity index (χ0) is 30.2. The van der Waals surface area contributed by atoms with Crippen LogP contribution in [-0.2, 0) is 11.2 Å². The van der Waals surface area contributed by atoms with E-state index in [1.165, 1.54) is 13.2 Å². The van der Waals surface area contributed by atoms with Crippen LogP contribution in [0.3, 0.4) is 0 Å². The summed E-state index contributed by atoms with van der Waals surface area (Å²) in [5.74, 6) is -1.37. The Bertz CT molecular complexity index is 1520. The number of rotatable bonds is 11. The van der Waals surface area contributed by atoms with E-state index in [1.54, 1.807) is 12.3 Å². The maximum atomic E-state index is 15.4. The van der Waals surface area contributed by atoms with Gasteiger partial charge in [0.2, 0.25) is 6.41 Å². The summed E-state index contributed by atoms with van der Waals surface area (Å²) in [4.78, 5) is 20.6. The maximum absolute atomic E-state index is 15.4. The lowest BCUT2D eigenvalue weighted by Gasteiger charge is -2.35. The highest BCUT2D eigenvalue weighted by Crippen LogP contribution is 2.33. The molecule has 1 unspecified atom stereocenters. The number of halogens is 2. The number of methoxy groups -OCH3 is 1. The molecule has 2 heterocycles. The number of hydrogen-bond donors (Lipinski definition) is 2. The number of aryl methyl sites for hydroxylation is 1. The third-order valence-electron chi connectivity index (χ3n) is 7.73. The molecule has 1 saturated heterocycles. The smallest absolute Gasteiger partial charge is 0.211 e. The lowest BCUT2D eigenvalue weighted by atomic mass is 10.0. The fourth-order valence-corrected chi connectivity index (χ4v) is 5.41. The number of nitrogens with zero attached hydrogens (tertiary/aromatic N) is 3. The van der Waals surface area contributed by atoms with E-state index in [0.717, 1.165) is 54.5 Å². The Balaban J connectivity index is 1.62. The number of nitrogens with one attached hydrogen (secondary N) is 2. The molecule has 7 nitrogen and oxygen atoms in total. The molecule has 4 rings (SSSR count). The Morgan fingerprint density at radius 3 is 2.45 bits per heavy atom. The number of aromatic nitrogens is 1. The first-order valence-electron chi connectivity index (χ1n) is 14.6. The van der Waals surface area contributed by atoms with Crippen molar-refractivity contribution in [2.24, 2.45) is 0 Å². The van der Waals surface area contributed by atoms with Gasteiger partial charge in [-0.2, -0.15) is 0 Å². The molecule has 0 aliphatic carbocycles. The Kier molecular flexibility index (Phi) is 10.5. The summed E-state index contributed by atoms with van der Waals surface area (Å²) in [5.41, 5.74) is 2.98. The molecule has 0 radical (unpaired) electrons. The average molecular weight is 578 g/mol. The van der Waals surface area contributed by atoms with Gasteiger partial charge in [0, 0.05) is 44.1 Å². The molecule has 2 aromatic carbocycles. The van der Waals surface area contributed by atoms with Gasteiger partial charge in [-0.25, -0.2) is 8.78 Å². The third kappa shape index (κ3) is 6.90. The Labute approximate surface area is 246 Å². The number of carbonyl (C=O) groups is 1. The van der Waals surface area contributed by atoms with Gasteiger partial charge in [-0.05, 0) is 73.1 Å². The van der Waals surface area contributed by atoms with E-state index in [2.05, 4.69) is 38.4 Å². The molecule has 0 spiro atoms. The largest absolute Gasteiger partial charge is 0.494 e. The summed E-state index contributed by atoms with van der Waals surface area (Å²) < 4.78 is 35.8. The molecule has 1 amide bonds. The minimum atomic E-state index is -0.762. The van der Waals surface area contributed by atoms with E-state index in [-0.39, 0.29) is 23.0 Å². The van der Waals surface area contributed by atoms with Crippen LogP contribution in [0.1, 0.15) is 39.7 Å². The van der Waals surface area contributed by atoms with Crippen molar-refractivity contribution in [1.82, 2.24) is 9.88 Å². The number of amides is 1. The van der Waals surface area contributed by atoms with Gasteiger partial charge in [0.15, 0.2) is 11.6 Å². The molecule has 3 aromatic rings. The molecule has 1 fully saturated rings. The SMILES string of the molecule is C/C=c1/cc(-c2c(F)c(CCC)cc(OC)c2F)nc/c1=C/C(C)Nc1ccc(N2CCN(CC)CC2)cc1NC=O. The summed E-state index contributed by atoms with van der Waals surface area (Å²) in [7, 11) is 1.37. The van der Waals surface area contributed by atoms with E-state index in [1.807, 2.05) is 45.1 Å². The van der Waals surface area contributed by atoms with Gasteiger partial charge in [0.1, 0.15) is 5.82 Å². The van der Waals surface area contributed by atoms with Crippen LogP contribution >= 0.6 is 0 Å². The first kappa shape index (κ1) is 31.0. The molecule has 1 atom stereocenters. The molecule has 1 aliphatic rings. The molecule has 0 bridgehead atoms. The van der Waals surface area contributed by atoms with Crippen molar-refractivity contribution in [2.75, 3.05) is 55.4 Å². The quantitative estimate of drug-likeness (QED) is 0.320. The van der Waals surface area contributed by atoms with Gasteiger partial charge < -0.3 is 25.2 Å². The highest BCUT2D eigenvalue weighted by molar-refractivity contribution is 5.84. The minimum Gasteiger partial charge on any atom is -0.494 e. The topological polar surface area (TPSA) is 69.7 Å². The van der Waals surface area contributed by atoms with Crippen LogP contribution in [0.5, 0.6) is 5.75 Å². The normalized spacial score (nSPS) is 15.5. The lowest BCUT2D eigenvalue weighted by Crippen LogP contribution is -2.46. The van der Waals surface area contributed by atoms with Crippen molar-refractivity contribution in [2.45, 2.75) is 46.6 Å². The van der Waals surface area contributed by atoms with E-state index >= 15 is 8.78 Å². The molecular formula is C33H41F2N5O2. The number of benzene rings is 2. The zero-order valence-corrected chi connectivity index (χ0v) is 25.1. The summed E-state index contributed by atoms with van der Waals surface area (Å²) >= 11 is 0. The highest BCUT2D eigenvalue weighted by Gasteiger charge is 2.22. The van der Waals surface area contributed by atoms with Crippen molar-refractivity contribution in [3.63, 3.8) is 0 Å².